The molecule has 1 amide bonds. The highest BCUT2D eigenvalue weighted by Crippen LogP contribution is 2.31. The molecule has 4 aromatic rings. The van der Waals surface area contributed by atoms with Crippen LogP contribution in [0.1, 0.15) is 28.4 Å². The second kappa shape index (κ2) is 10.8. The molecular weight excluding hydrogens is 521 g/mol. The van der Waals surface area contributed by atoms with Crippen LogP contribution in [-0.4, -0.2) is 53.6 Å². The standard InChI is InChI=1S/C28H26FN5O4S/c1-3-21-22(7-9-24(26(21)29)39(2,36)37)27(35)34-13-14-38-23-8-5-18(15-20(23)17-34)19-6-10-25(32-16-19)33-28-30-11-4-12-31-28/h4-12,15-16H,3,13-14,17H2,1-2H3,(H,30,31,32,33). The molecule has 2 aromatic carbocycles. The maximum absolute atomic E-state index is 15.1. The highest BCUT2D eigenvalue weighted by molar-refractivity contribution is 7.90. The zero-order chi connectivity index (χ0) is 27.6. The van der Waals surface area contributed by atoms with Gasteiger partial charge < -0.3 is 15.0 Å². The van der Waals surface area contributed by atoms with Crippen LogP contribution in [0.4, 0.5) is 16.2 Å². The van der Waals surface area contributed by atoms with Gasteiger partial charge >= 0.3 is 0 Å². The number of pyridine rings is 1. The normalized spacial score (nSPS) is 13.3. The predicted octanol–water partition coefficient (Wildman–Crippen LogP) is 4.42. The number of hydrogen-bond acceptors (Lipinski definition) is 8. The molecular formula is C28H26FN5O4S. The molecule has 3 heterocycles. The van der Waals surface area contributed by atoms with Crippen molar-refractivity contribution in [3.05, 3.63) is 89.6 Å². The van der Waals surface area contributed by atoms with Crippen molar-refractivity contribution in [3.8, 4) is 16.9 Å². The molecule has 0 saturated heterocycles. The summed E-state index contributed by atoms with van der Waals surface area (Å²) < 4.78 is 44.9. The smallest absolute Gasteiger partial charge is 0.254 e. The number of rotatable bonds is 6. The lowest BCUT2D eigenvalue weighted by Gasteiger charge is -2.22. The molecule has 0 fully saturated rings. The number of carbonyl (C=O) groups excluding carboxylic acids is 1. The number of halogens is 1. The van der Waals surface area contributed by atoms with E-state index in [4.69, 9.17) is 4.74 Å². The molecule has 1 aliphatic rings. The van der Waals surface area contributed by atoms with Crippen molar-refractivity contribution in [3.63, 3.8) is 0 Å². The van der Waals surface area contributed by atoms with E-state index in [0.717, 1.165) is 29.0 Å². The van der Waals surface area contributed by atoms with E-state index in [1.165, 1.54) is 6.07 Å². The van der Waals surface area contributed by atoms with E-state index in [2.05, 4.69) is 20.3 Å². The largest absolute Gasteiger partial charge is 0.491 e. The molecule has 200 valence electrons. The van der Waals surface area contributed by atoms with Crippen LogP contribution in [-0.2, 0) is 22.8 Å². The first-order valence-corrected chi connectivity index (χ1v) is 14.2. The molecule has 0 saturated carbocycles. The van der Waals surface area contributed by atoms with Crippen LogP contribution in [0.3, 0.4) is 0 Å². The maximum atomic E-state index is 15.1. The van der Waals surface area contributed by atoms with Crippen LogP contribution in [0.15, 0.2) is 72.0 Å². The number of nitrogens with one attached hydrogen (secondary N) is 1. The van der Waals surface area contributed by atoms with Gasteiger partial charge in [0, 0.05) is 53.6 Å². The Labute approximate surface area is 225 Å². The number of ether oxygens (including phenoxy) is 1. The molecule has 5 rings (SSSR count). The monoisotopic (exact) mass is 547 g/mol. The fraction of sp³-hybridized carbons (Fsp3) is 0.214. The molecule has 2 aromatic heterocycles. The minimum absolute atomic E-state index is 0.0859. The van der Waals surface area contributed by atoms with Crippen molar-refractivity contribution in [1.82, 2.24) is 19.9 Å². The van der Waals surface area contributed by atoms with Crippen molar-refractivity contribution < 1.29 is 22.3 Å². The van der Waals surface area contributed by atoms with E-state index in [1.807, 2.05) is 30.3 Å². The van der Waals surface area contributed by atoms with E-state index in [0.29, 0.717) is 24.1 Å². The van der Waals surface area contributed by atoms with Gasteiger partial charge in [-0.3, -0.25) is 4.79 Å². The Hall–Kier alpha value is -4.38. The van der Waals surface area contributed by atoms with Crippen LogP contribution >= 0.6 is 0 Å². The first kappa shape index (κ1) is 26.2. The van der Waals surface area contributed by atoms with Gasteiger partial charge in [0.15, 0.2) is 9.84 Å². The third-order valence-electron chi connectivity index (χ3n) is 6.42. The molecule has 1 N–H and O–H groups in total. The zero-order valence-electron chi connectivity index (χ0n) is 21.4. The van der Waals surface area contributed by atoms with E-state index < -0.39 is 20.5 Å². The molecule has 11 heteroatoms. The number of anilines is 2. The number of hydrogen-bond donors (Lipinski definition) is 1. The second-order valence-electron chi connectivity index (χ2n) is 9.06. The number of amides is 1. The van der Waals surface area contributed by atoms with Crippen LogP contribution in [0.5, 0.6) is 5.75 Å². The van der Waals surface area contributed by atoms with Gasteiger partial charge in [-0.15, -0.1) is 0 Å². The van der Waals surface area contributed by atoms with Gasteiger partial charge in [-0.1, -0.05) is 13.0 Å². The van der Waals surface area contributed by atoms with Crippen molar-refractivity contribution in [2.24, 2.45) is 0 Å². The average Bonchev–Trinajstić information content (AvgIpc) is 3.15. The van der Waals surface area contributed by atoms with Gasteiger partial charge in [0.2, 0.25) is 5.95 Å². The summed E-state index contributed by atoms with van der Waals surface area (Å²) >= 11 is 0. The molecule has 0 bridgehead atoms. The minimum Gasteiger partial charge on any atom is -0.491 e. The van der Waals surface area contributed by atoms with Crippen LogP contribution in [0.25, 0.3) is 11.1 Å². The first-order valence-electron chi connectivity index (χ1n) is 12.3. The van der Waals surface area contributed by atoms with Crippen molar-refractivity contribution >= 4 is 27.5 Å². The van der Waals surface area contributed by atoms with Crippen LogP contribution in [0, 0.1) is 5.82 Å². The van der Waals surface area contributed by atoms with E-state index in [-0.39, 0.29) is 36.6 Å². The van der Waals surface area contributed by atoms with Gasteiger partial charge in [-0.25, -0.2) is 27.8 Å². The number of aromatic nitrogens is 3. The number of sulfone groups is 1. The number of carbonyl (C=O) groups is 1. The Bertz CT molecular complexity index is 1630. The third kappa shape index (κ3) is 5.58. The van der Waals surface area contributed by atoms with Crippen molar-refractivity contribution in [1.29, 1.82) is 0 Å². The maximum Gasteiger partial charge on any atom is 0.254 e. The van der Waals surface area contributed by atoms with Gasteiger partial charge in [0.25, 0.3) is 5.91 Å². The van der Waals surface area contributed by atoms with E-state index >= 15 is 4.39 Å². The lowest BCUT2D eigenvalue weighted by atomic mass is 10.0. The molecule has 0 atom stereocenters. The molecule has 0 unspecified atom stereocenters. The fourth-order valence-electron chi connectivity index (χ4n) is 4.47. The number of fused-ring (bicyclic) bond motifs is 1. The summed E-state index contributed by atoms with van der Waals surface area (Å²) in [6.07, 6.45) is 6.13. The summed E-state index contributed by atoms with van der Waals surface area (Å²) in [6.45, 7) is 2.51. The molecule has 0 aliphatic carbocycles. The SMILES string of the molecule is CCc1c(C(=O)N2CCOc3ccc(-c4ccc(Nc5ncccn5)nc4)cc3C2)ccc(S(C)(=O)=O)c1F. The molecule has 0 radical (unpaired) electrons. The summed E-state index contributed by atoms with van der Waals surface area (Å²) in [4.78, 5) is 27.4. The number of nitrogens with zero attached hydrogens (tertiary/aromatic N) is 4. The van der Waals surface area contributed by atoms with Gasteiger partial charge in [0.1, 0.15) is 28.9 Å². The first-order chi connectivity index (χ1) is 18.7. The summed E-state index contributed by atoms with van der Waals surface area (Å²) in [5.74, 6) is 0.454. The highest BCUT2D eigenvalue weighted by Gasteiger charge is 2.27. The fourth-order valence-corrected chi connectivity index (χ4v) is 5.23. The molecule has 1 aliphatic heterocycles. The quantitative estimate of drug-likeness (QED) is 0.377. The van der Waals surface area contributed by atoms with Gasteiger partial charge in [0.05, 0.1) is 6.54 Å². The summed E-state index contributed by atoms with van der Waals surface area (Å²) in [7, 11) is -3.76. The Morgan fingerprint density at radius 2 is 1.85 bits per heavy atom. The Morgan fingerprint density at radius 3 is 2.54 bits per heavy atom. The van der Waals surface area contributed by atoms with Crippen LogP contribution in [0.2, 0.25) is 0 Å². The lowest BCUT2D eigenvalue weighted by molar-refractivity contribution is 0.0731. The Balaban J connectivity index is 1.39. The lowest BCUT2D eigenvalue weighted by Crippen LogP contribution is -2.33. The number of benzene rings is 2. The molecule has 39 heavy (non-hydrogen) atoms. The second-order valence-corrected chi connectivity index (χ2v) is 11.0. The Morgan fingerprint density at radius 1 is 1.08 bits per heavy atom. The zero-order valence-corrected chi connectivity index (χ0v) is 22.2. The predicted molar refractivity (Wildman–Crippen MR) is 144 cm³/mol. The Kier molecular flexibility index (Phi) is 7.25. The van der Waals surface area contributed by atoms with E-state index in [1.54, 1.807) is 36.5 Å². The minimum atomic E-state index is -3.76. The van der Waals surface area contributed by atoms with Crippen LogP contribution < -0.4 is 10.1 Å². The topological polar surface area (TPSA) is 114 Å². The summed E-state index contributed by atoms with van der Waals surface area (Å²) in [5, 5.41) is 3.04. The highest BCUT2D eigenvalue weighted by atomic mass is 32.2. The van der Waals surface area contributed by atoms with Gasteiger partial charge in [-0.05, 0) is 54.4 Å². The van der Waals surface area contributed by atoms with Crippen molar-refractivity contribution in [2.45, 2.75) is 24.8 Å². The molecule has 9 nitrogen and oxygen atoms in total. The third-order valence-corrected chi connectivity index (χ3v) is 7.54. The van der Waals surface area contributed by atoms with E-state index in [9.17, 15) is 13.2 Å². The summed E-state index contributed by atoms with van der Waals surface area (Å²) in [5.41, 5.74) is 2.79. The molecule has 0 spiro atoms. The summed E-state index contributed by atoms with van der Waals surface area (Å²) in [6, 6.07) is 13.8. The van der Waals surface area contributed by atoms with Crippen molar-refractivity contribution in [2.75, 3.05) is 24.7 Å². The van der Waals surface area contributed by atoms with Gasteiger partial charge in [-0.2, -0.15) is 0 Å². The average molecular weight is 548 g/mol.